The average Bonchev–Trinajstić information content (AvgIpc) is 2.15. The van der Waals surface area contributed by atoms with Crippen molar-refractivity contribution in [3.63, 3.8) is 0 Å². The van der Waals surface area contributed by atoms with Crippen LogP contribution in [0.4, 0.5) is 0 Å². The molecule has 0 unspecified atom stereocenters. The van der Waals surface area contributed by atoms with Crippen molar-refractivity contribution in [1.82, 2.24) is 10.3 Å². The molecule has 0 aliphatic carbocycles. The molecular formula is C9H11BrN2O. The molecule has 1 N–H and O–H groups in total. The van der Waals surface area contributed by atoms with Gasteiger partial charge in [0.05, 0.1) is 5.56 Å². The van der Waals surface area contributed by atoms with Gasteiger partial charge in [0.25, 0.3) is 5.91 Å². The Kier molecular flexibility index (Phi) is 3.89. The number of nitrogens with zero attached hydrogens (tertiary/aromatic N) is 1. The van der Waals surface area contributed by atoms with Gasteiger partial charge >= 0.3 is 0 Å². The van der Waals surface area contributed by atoms with E-state index in [0.29, 0.717) is 12.1 Å². The lowest BCUT2D eigenvalue weighted by atomic mass is 10.2. The number of hydrogen-bond acceptors (Lipinski definition) is 2. The number of pyridine rings is 1. The number of aromatic nitrogens is 1. The van der Waals surface area contributed by atoms with Crippen LogP contribution in [-0.2, 0) is 0 Å². The van der Waals surface area contributed by atoms with E-state index in [0.717, 1.165) is 11.0 Å². The van der Waals surface area contributed by atoms with Crippen LogP contribution in [-0.4, -0.2) is 22.8 Å². The third-order valence-electron chi connectivity index (χ3n) is 1.63. The molecule has 0 saturated carbocycles. The largest absolute Gasteiger partial charge is 0.351 e. The number of carbonyl (C=O) groups excluding carboxylic acids is 1. The summed E-state index contributed by atoms with van der Waals surface area (Å²) >= 11 is 3.24. The van der Waals surface area contributed by atoms with Gasteiger partial charge in [-0.05, 0) is 19.1 Å². The summed E-state index contributed by atoms with van der Waals surface area (Å²) in [7, 11) is 0. The Morgan fingerprint density at radius 2 is 2.46 bits per heavy atom. The van der Waals surface area contributed by atoms with Crippen LogP contribution in [0.25, 0.3) is 0 Å². The second-order valence-electron chi connectivity index (χ2n) is 2.58. The lowest BCUT2D eigenvalue weighted by Gasteiger charge is -2.04. The van der Waals surface area contributed by atoms with Crippen LogP contribution in [0.1, 0.15) is 16.1 Å². The van der Waals surface area contributed by atoms with Gasteiger partial charge < -0.3 is 5.32 Å². The van der Waals surface area contributed by atoms with Crippen molar-refractivity contribution in [2.45, 2.75) is 6.92 Å². The van der Waals surface area contributed by atoms with E-state index in [1.807, 2.05) is 6.92 Å². The zero-order chi connectivity index (χ0) is 9.68. The third-order valence-corrected chi connectivity index (χ3v) is 2.03. The molecule has 1 rings (SSSR count). The Labute approximate surface area is 85.7 Å². The van der Waals surface area contributed by atoms with Gasteiger partial charge in [-0.25, -0.2) is 0 Å². The molecule has 0 aliphatic rings. The quantitative estimate of drug-likeness (QED) is 0.817. The van der Waals surface area contributed by atoms with Crippen LogP contribution in [0, 0.1) is 6.92 Å². The summed E-state index contributed by atoms with van der Waals surface area (Å²) in [5, 5.41) is 3.53. The molecule has 0 aliphatic heterocycles. The van der Waals surface area contributed by atoms with Crippen LogP contribution in [0.3, 0.4) is 0 Å². The van der Waals surface area contributed by atoms with Gasteiger partial charge in [-0.1, -0.05) is 15.9 Å². The van der Waals surface area contributed by atoms with E-state index in [-0.39, 0.29) is 5.91 Å². The Bertz CT molecular complexity index is 301. The molecule has 0 fully saturated rings. The minimum Gasteiger partial charge on any atom is -0.351 e. The molecule has 1 aromatic rings. The Morgan fingerprint density at radius 1 is 1.69 bits per heavy atom. The predicted octanol–water partition coefficient (Wildman–Crippen LogP) is 1.51. The van der Waals surface area contributed by atoms with Gasteiger partial charge in [-0.2, -0.15) is 0 Å². The molecule has 0 bridgehead atoms. The Hall–Kier alpha value is -0.900. The number of aryl methyl sites for hydroxylation is 1. The molecule has 0 atom stereocenters. The van der Waals surface area contributed by atoms with Crippen LogP contribution >= 0.6 is 15.9 Å². The highest BCUT2D eigenvalue weighted by Crippen LogP contribution is 2.02. The van der Waals surface area contributed by atoms with E-state index in [4.69, 9.17) is 0 Å². The van der Waals surface area contributed by atoms with E-state index in [1.54, 1.807) is 18.3 Å². The van der Waals surface area contributed by atoms with E-state index in [9.17, 15) is 4.79 Å². The highest BCUT2D eigenvalue weighted by molar-refractivity contribution is 9.09. The molecule has 1 amide bonds. The smallest absolute Gasteiger partial charge is 0.253 e. The van der Waals surface area contributed by atoms with Gasteiger partial charge in [0.1, 0.15) is 0 Å². The molecule has 0 aromatic carbocycles. The first kappa shape index (κ1) is 10.2. The first-order valence-electron chi connectivity index (χ1n) is 4.01. The Balaban J connectivity index is 2.71. The van der Waals surface area contributed by atoms with Crippen LogP contribution < -0.4 is 5.32 Å². The van der Waals surface area contributed by atoms with Crippen molar-refractivity contribution >= 4 is 21.8 Å². The zero-order valence-corrected chi connectivity index (χ0v) is 8.97. The third kappa shape index (κ3) is 2.81. The number of rotatable bonds is 3. The molecule has 1 heterocycles. The first-order chi connectivity index (χ1) is 6.25. The molecule has 3 nitrogen and oxygen atoms in total. The number of carbonyl (C=O) groups is 1. The van der Waals surface area contributed by atoms with Crippen LogP contribution in [0.15, 0.2) is 18.3 Å². The van der Waals surface area contributed by atoms with E-state index < -0.39 is 0 Å². The number of alkyl halides is 1. The summed E-state index contributed by atoms with van der Waals surface area (Å²) in [6, 6.07) is 3.53. The molecular weight excluding hydrogens is 232 g/mol. The van der Waals surface area contributed by atoms with Gasteiger partial charge in [0.15, 0.2) is 0 Å². The van der Waals surface area contributed by atoms with Crippen LogP contribution in [0.2, 0.25) is 0 Å². The molecule has 0 saturated heterocycles. The minimum atomic E-state index is -0.0648. The topological polar surface area (TPSA) is 42.0 Å². The lowest BCUT2D eigenvalue weighted by Crippen LogP contribution is -2.26. The van der Waals surface area contributed by atoms with Gasteiger partial charge in [0.2, 0.25) is 0 Å². The molecule has 13 heavy (non-hydrogen) atoms. The number of amides is 1. The van der Waals surface area contributed by atoms with Crippen molar-refractivity contribution in [1.29, 1.82) is 0 Å². The highest BCUT2D eigenvalue weighted by atomic mass is 79.9. The van der Waals surface area contributed by atoms with Crippen molar-refractivity contribution in [3.05, 3.63) is 29.6 Å². The fourth-order valence-electron chi connectivity index (χ4n) is 0.980. The SMILES string of the molecule is Cc1ncccc1C(=O)NCCBr. The van der Waals surface area contributed by atoms with E-state index in [2.05, 4.69) is 26.2 Å². The summed E-state index contributed by atoms with van der Waals surface area (Å²) in [5.74, 6) is -0.0648. The normalized spacial score (nSPS) is 9.69. The number of nitrogens with one attached hydrogen (secondary N) is 1. The highest BCUT2D eigenvalue weighted by Gasteiger charge is 2.06. The first-order valence-corrected chi connectivity index (χ1v) is 5.13. The number of halogens is 1. The number of hydrogen-bond donors (Lipinski definition) is 1. The van der Waals surface area contributed by atoms with E-state index in [1.165, 1.54) is 0 Å². The summed E-state index contributed by atoms with van der Waals surface area (Å²) in [4.78, 5) is 15.5. The maximum atomic E-state index is 11.5. The molecule has 1 aromatic heterocycles. The molecule has 4 heteroatoms. The summed E-state index contributed by atoms with van der Waals surface area (Å²) in [6.45, 7) is 2.45. The van der Waals surface area contributed by atoms with Gasteiger partial charge in [-0.3, -0.25) is 9.78 Å². The fraction of sp³-hybridized carbons (Fsp3) is 0.333. The zero-order valence-electron chi connectivity index (χ0n) is 7.38. The summed E-state index contributed by atoms with van der Waals surface area (Å²) in [5.41, 5.74) is 1.40. The molecule has 0 radical (unpaired) electrons. The van der Waals surface area contributed by atoms with Crippen LogP contribution in [0.5, 0.6) is 0 Å². The van der Waals surface area contributed by atoms with Gasteiger partial charge in [0, 0.05) is 23.8 Å². The van der Waals surface area contributed by atoms with Crippen molar-refractivity contribution in [2.75, 3.05) is 11.9 Å². The van der Waals surface area contributed by atoms with Crippen molar-refractivity contribution < 1.29 is 4.79 Å². The average molecular weight is 243 g/mol. The van der Waals surface area contributed by atoms with Gasteiger partial charge in [-0.15, -0.1) is 0 Å². The second-order valence-corrected chi connectivity index (χ2v) is 3.37. The Morgan fingerprint density at radius 3 is 3.08 bits per heavy atom. The second kappa shape index (κ2) is 4.97. The maximum Gasteiger partial charge on any atom is 0.253 e. The minimum absolute atomic E-state index is 0.0648. The monoisotopic (exact) mass is 242 g/mol. The molecule has 0 spiro atoms. The fourth-order valence-corrected chi connectivity index (χ4v) is 1.18. The predicted molar refractivity (Wildman–Crippen MR) is 55.1 cm³/mol. The molecule has 70 valence electrons. The van der Waals surface area contributed by atoms with E-state index >= 15 is 0 Å². The van der Waals surface area contributed by atoms with Crippen molar-refractivity contribution in [2.24, 2.45) is 0 Å². The summed E-state index contributed by atoms with van der Waals surface area (Å²) < 4.78 is 0. The lowest BCUT2D eigenvalue weighted by molar-refractivity contribution is 0.0955. The maximum absolute atomic E-state index is 11.5. The van der Waals surface area contributed by atoms with Crippen molar-refractivity contribution in [3.8, 4) is 0 Å². The standard InChI is InChI=1S/C9H11BrN2O/c1-7-8(3-2-5-11-7)9(13)12-6-4-10/h2-3,5H,4,6H2,1H3,(H,12,13). The summed E-state index contributed by atoms with van der Waals surface area (Å²) in [6.07, 6.45) is 1.68.